The Bertz CT molecular complexity index is 308. The van der Waals surface area contributed by atoms with Crippen LogP contribution in [-0.2, 0) is 14.3 Å². The van der Waals surface area contributed by atoms with E-state index in [1.165, 1.54) is 13.2 Å². The normalized spacial score (nSPS) is 19.6. The Labute approximate surface area is 77.3 Å². The second kappa shape index (κ2) is 3.94. The van der Waals surface area contributed by atoms with Crippen LogP contribution >= 0.6 is 0 Å². The van der Waals surface area contributed by atoms with Gasteiger partial charge in [0.25, 0.3) is 0 Å². The fourth-order valence-corrected chi connectivity index (χ4v) is 1.10. The lowest BCUT2D eigenvalue weighted by Gasteiger charge is -2.13. The van der Waals surface area contributed by atoms with E-state index < -0.39 is 0 Å². The smallest absolute Gasteiger partial charge is 0.189 e. The van der Waals surface area contributed by atoms with Crippen molar-refractivity contribution in [1.82, 2.24) is 0 Å². The SMILES string of the molecule is C/C=C1\C=C(OC)C(OC)=CC1=O. The summed E-state index contributed by atoms with van der Waals surface area (Å²) in [6.45, 7) is 1.81. The molecule has 0 aromatic carbocycles. The van der Waals surface area contributed by atoms with Crippen LogP contribution in [0, 0.1) is 0 Å². The summed E-state index contributed by atoms with van der Waals surface area (Å²) < 4.78 is 10.0. The minimum absolute atomic E-state index is 0.0554. The summed E-state index contributed by atoms with van der Waals surface area (Å²) in [4.78, 5) is 11.3. The first-order chi connectivity index (χ1) is 6.22. The summed E-state index contributed by atoms with van der Waals surface area (Å²) in [7, 11) is 3.05. The van der Waals surface area contributed by atoms with Gasteiger partial charge in [-0.25, -0.2) is 0 Å². The third-order valence-electron chi connectivity index (χ3n) is 1.83. The summed E-state index contributed by atoms with van der Waals surface area (Å²) in [5.74, 6) is 0.994. The van der Waals surface area contributed by atoms with Gasteiger partial charge >= 0.3 is 0 Å². The molecule has 0 spiro atoms. The highest BCUT2D eigenvalue weighted by atomic mass is 16.5. The lowest BCUT2D eigenvalue weighted by molar-refractivity contribution is -0.111. The zero-order valence-corrected chi connectivity index (χ0v) is 7.96. The van der Waals surface area contributed by atoms with E-state index in [0.29, 0.717) is 17.1 Å². The fourth-order valence-electron chi connectivity index (χ4n) is 1.10. The highest BCUT2D eigenvalue weighted by Gasteiger charge is 2.17. The first kappa shape index (κ1) is 9.58. The van der Waals surface area contributed by atoms with Crippen LogP contribution in [0.2, 0.25) is 0 Å². The summed E-state index contributed by atoms with van der Waals surface area (Å²) in [5.41, 5.74) is 0.623. The molecule has 0 radical (unpaired) electrons. The van der Waals surface area contributed by atoms with Crippen molar-refractivity contribution in [1.29, 1.82) is 0 Å². The second-order valence-corrected chi connectivity index (χ2v) is 2.53. The molecule has 0 saturated heterocycles. The van der Waals surface area contributed by atoms with Crippen molar-refractivity contribution < 1.29 is 14.3 Å². The average molecular weight is 180 g/mol. The quantitative estimate of drug-likeness (QED) is 0.605. The van der Waals surface area contributed by atoms with Gasteiger partial charge in [0.05, 0.1) is 14.2 Å². The van der Waals surface area contributed by atoms with Crippen LogP contribution in [0.4, 0.5) is 0 Å². The maximum absolute atomic E-state index is 11.3. The van der Waals surface area contributed by atoms with Gasteiger partial charge in [-0.2, -0.15) is 0 Å². The maximum Gasteiger partial charge on any atom is 0.189 e. The molecule has 13 heavy (non-hydrogen) atoms. The number of carbonyl (C=O) groups is 1. The third-order valence-corrected chi connectivity index (χ3v) is 1.83. The highest BCUT2D eigenvalue weighted by molar-refractivity contribution is 6.08. The van der Waals surface area contributed by atoms with Gasteiger partial charge in [0, 0.05) is 11.6 Å². The standard InChI is InChI=1S/C10H12O3/c1-4-7-5-9(12-2)10(13-3)6-8(7)11/h4-6H,1-3H3/b7-4+. The molecule has 0 unspecified atom stereocenters. The Morgan fingerprint density at radius 3 is 2.15 bits per heavy atom. The number of rotatable bonds is 2. The molecule has 1 aliphatic rings. The molecular formula is C10H12O3. The molecule has 70 valence electrons. The average Bonchev–Trinajstić information content (AvgIpc) is 2.17. The summed E-state index contributed by atoms with van der Waals surface area (Å²) in [6.07, 6.45) is 4.83. The molecule has 0 atom stereocenters. The fraction of sp³-hybridized carbons (Fsp3) is 0.300. The number of ketones is 1. The van der Waals surface area contributed by atoms with E-state index in [1.807, 2.05) is 6.92 Å². The van der Waals surface area contributed by atoms with E-state index in [4.69, 9.17) is 9.47 Å². The summed E-state index contributed by atoms with van der Waals surface area (Å²) in [6, 6.07) is 0. The third kappa shape index (κ3) is 1.80. The molecule has 3 heteroatoms. The van der Waals surface area contributed by atoms with Gasteiger partial charge < -0.3 is 9.47 Å². The highest BCUT2D eigenvalue weighted by Crippen LogP contribution is 2.20. The zero-order chi connectivity index (χ0) is 9.84. The van der Waals surface area contributed by atoms with Crippen molar-refractivity contribution in [2.45, 2.75) is 6.92 Å². The lowest BCUT2D eigenvalue weighted by atomic mass is 10.0. The van der Waals surface area contributed by atoms with Crippen LogP contribution in [0.25, 0.3) is 0 Å². The first-order valence-electron chi connectivity index (χ1n) is 3.95. The molecule has 1 rings (SSSR count). The second-order valence-electron chi connectivity index (χ2n) is 2.53. The number of allylic oxidation sites excluding steroid dienone is 4. The van der Waals surface area contributed by atoms with Crippen LogP contribution in [-0.4, -0.2) is 20.0 Å². The molecule has 0 aromatic heterocycles. The molecule has 0 fully saturated rings. The van der Waals surface area contributed by atoms with Gasteiger partial charge in [0.15, 0.2) is 17.3 Å². The topological polar surface area (TPSA) is 35.5 Å². The van der Waals surface area contributed by atoms with Gasteiger partial charge in [0.1, 0.15) is 0 Å². The molecule has 3 nitrogen and oxygen atoms in total. The van der Waals surface area contributed by atoms with Gasteiger partial charge in [-0.3, -0.25) is 4.79 Å². The van der Waals surface area contributed by atoms with Gasteiger partial charge in [-0.1, -0.05) is 6.08 Å². The Morgan fingerprint density at radius 1 is 1.15 bits per heavy atom. The summed E-state index contributed by atoms with van der Waals surface area (Å²) in [5, 5.41) is 0. The van der Waals surface area contributed by atoms with Gasteiger partial charge in [-0.15, -0.1) is 0 Å². The predicted molar refractivity (Wildman–Crippen MR) is 48.9 cm³/mol. The Kier molecular flexibility index (Phi) is 2.90. The van der Waals surface area contributed by atoms with E-state index in [9.17, 15) is 4.79 Å². The molecule has 1 aliphatic carbocycles. The Morgan fingerprint density at radius 2 is 1.69 bits per heavy atom. The number of carbonyl (C=O) groups excluding carboxylic acids is 1. The van der Waals surface area contributed by atoms with Crippen molar-refractivity contribution in [3.8, 4) is 0 Å². The van der Waals surface area contributed by atoms with Crippen molar-refractivity contribution >= 4 is 5.78 Å². The summed E-state index contributed by atoms with van der Waals surface area (Å²) >= 11 is 0. The minimum Gasteiger partial charge on any atom is -0.493 e. The van der Waals surface area contributed by atoms with Crippen LogP contribution in [0.5, 0.6) is 0 Å². The van der Waals surface area contributed by atoms with E-state index in [-0.39, 0.29) is 5.78 Å². The van der Waals surface area contributed by atoms with Crippen molar-refractivity contribution in [3.05, 3.63) is 35.3 Å². The Balaban J connectivity index is 3.05. The lowest BCUT2D eigenvalue weighted by Crippen LogP contribution is -2.08. The van der Waals surface area contributed by atoms with Crippen molar-refractivity contribution in [3.63, 3.8) is 0 Å². The number of hydrogen-bond donors (Lipinski definition) is 0. The molecule has 0 heterocycles. The zero-order valence-electron chi connectivity index (χ0n) is 7.96. The van der Waals surface area contributed by atoms with E-state index in [2.05, 4.69) is 0 Å². The van der Waals surface area contributed by atoms with Crippen LogP contribution < -0.4 is 0 Å². The van der Waals surface area contributed by atoms with Crippen LogP contribution in [0.3, 0.4) is 0 Å². The van der Waals surface area contributed by atoms with E-state index >= 15 is 0 Å². The minimum atomic E-state index is -0.0554. The maximum atomic E-state index is 11.3. The molecule has 0 N–H and O–H groups in total. The largest absolute Gasteiger partial charge is 0.493 e. The molecule has 0 aromatic rings. The van der Waals surface area contributed by atoms with Gasteiger partial charge in [-0.05, 0) is 13.0 Å². The van der Waals surface area contributed by atoms with E-state index in [1.54, 1.807) is 19.3 Å². The van der Waals surface area contributed by atoms with Crippen LogP contribution in [0.1, 0.15) is 6.92 Å². The number of ether oxygens (including phenoxy) is 2. The monoisotopic (exact) mass is 180 g/mol. The van der Waals surface area contributed by atoms with Crippen molar-refractivity contribution in [2.24, 2.45) is 0 Å². The number of hydrogen-bond acceptors (Lipinski definition) is 3. The van der Waals surface area contributed by atoms with Crippen LogP contribution in [0.15, 0.2) is 35.3 Å². The molecular weight excluding hydrogens is 168 g/mol. The molecule has 0 bridgehead atoms. The Hall–Kier alpha value is -1.51. The van der Waals surface area contributed by atoms with E-state index in [0.717, 1.165) is 0 Å². The molecule has 0 aliphatic heterocycles. The van der Waals surface area contributed by atoms with Crippen molar-refractivity contribution in [2.75, 3.05) is 14.2 Å². The molecule has 0 saturated carbocycles. The number of methoxy groups -OCH3 is 2. The predicted octanol–water partition coefficient (Wildman–Crippen LogP) is 1.58. The van der Waals surface area contributed by atoms with Gasteiger partial charge in [0.2, 0.25) is 0 Å². The molecule has 0 amide bonds. The first-order valence-corrected chi connectivity index (χ1v) is 3.95.